The Morgan fingerprint density at radius 3 is 2.43 bits per heavy atom. The van der Waals surface area contributed by atoms with Crippen LogP contribution in [0.25, 0.3) is 6.08 Å². The van der Waals surface area contributed by atoms with Crippen LogP contribution in [0.1, 0.15) is 37.7 Å². The van der Waals surface area contributed by atoms with Gasteiger partial charge in [-0.2, -0.15) is 0 Å². The van der Waals surface area contributed by atoms with Crippen molar-refractivity contribution in [2.24, 2.45) is 0 Å². The highest BCUT2D eigenvalue weighted by atomic mass is 79.9. The zero-order valence-electron chi connectivity index (χ0n) is 11.8. The van der Waals surface area contributed by atoms with Crippen LogP contribution in [-0.4, -0.2) is 23.5 Å². The van der Waals surface area contributed by atoms with E-state index in [0.717, 1.165) is 29.3 Å². The summed E-state index contributed by atoms with van der Waals surface area (Å²) in [6.45, 7) is 0.622. The molecule has 0 saturated carbocycles. The number of rotatable bonds is 9. The van der Waals surface area contributed by atoms with Crippen LogP contribution >= 0.6 is 15.9 Å². The Labute approximate surface area is 133 Å². The summed E-state index contributed by atoms with van der Waals surface area (Å²) in [5, 5.41) is 11.3. The second kappa shape index (κ2) is 10.2. The molecule has 0 saturated heterocycles. The number of aliphatic carboxylic acids is 1. The lowest BCUT2D eigenvalue weighted by molar-refractivity contribution is -0.137. The average Bonchev–Trinajstić information content (AvgIpc) is 2.45. The molecule has 1 rings (SSSR count). The molecule has 1 aromatic rings. The monoisotopic (exact) mass is 353 g/mol. The number of hydrogen-bond donors (Lipinski definition) is 2. The van der Waals surface area contributed by atoms with E-state index in [2.05, 4.69) is 21.2 Å². The number of nitrogens with one attached hydrogen (secondary N) is 1. The Hall–Kier alpha value is -1.62. The third kappa shape index (κ3) is 9.02. The Bertz CT molecular complexity index is 483. The van der Waals surface area contributed by atoms with Crippen LogP contribution in [0.4, 0.5) is 0 Å². The highest BCUT2D eigenvalue weighted by Gasteiger charge is 1.98. The summed E-state index contributed by atoms with van der Waals surface area (Å²) in [5.41, 5.74) is 0.974. The van der Waals surface area contributed by atoms with Gasteiger partial charge in [0.2, 0.25) is 5.91 Å². The number of hydrogen-bond acceptors (Lipinski definition) is 2. The van der Waals surface area contributed by atoms with E-state index in [9.17, 15) is 9.59 Å². The van der Waals surface area contributed by atoms with Gasteiger partial charge in [0.25, 0.3) is 0 Å². The molecule has 0 bridgehead atoms. The third-order valence-electron chi connectivity index (χ3n) is 2.91. The first-order chi connectivity index (χ1) is 10.1. The van der Waals surface area contributed by atoms with Gasteiger partial charge in [-0.1, -0.05) is 40.9 Å². The number of carbonyl (C=O) groups is 2. The maximum Gasteiger partial charge on any atom is 0.303 e. The normalized spacial score (nSPS) is 10.7. The van der Waals surface area contributed by atoms with Crippen molar-refractivity contribution in [2.45, 2.75) is 32.1 Å². The standard InChI is InChI=1S/C16H20BrNO3/c17-14-9-6-13(7-10-14)8-11-15(19)18-12-4-2-1-3-5-16(20)21/h6-11H,1-5,12H2,(H,18,19)(H,20,21)/b11-8+. The van der Waals surface area contributed by atoms with Gasteiger partial charge in [-0.15, -0.1) is 0 Å². The summed E-state index contributed by atoms with van der Waals surface area (Å²) in [4.78, 5) is 21.9. The third-order valence-corrected chi connectivity index (χ3v) is 3.44. The predicted octanol–water partition coefficient (Wildman–Crippen LogP) is 3.61. The molecule has 0 radical (unpaired) electrons. The van der Waals surface area contributed by atoms with E-state index in [-0.39, 0.29) is 12.3 Å². The number of amides is 1. The Kier molecular flexibility index (Phi) is 8.43. The van der Waals surface area contributed by atoms with Crippen molar-refractivity contribution < 1.29 is 14.7 Å². The van der Waals surface area contributed by atoms with Crippen molar-refractivity contribution in [3.8, 4) is 0 Å². The quantitative estimate of drug-likeness (QED) is 0.526. The van der Waals surface area contributed by atoms with Crippen molar-refractivity contribution in [2.75, 3.05) is 6.54 Å². The largest absolute Gasteiger partial charge is 0.481 e. The lowest BCUT2D eigenvalue weighted by Crippen LogP contribution is -2.21. The number of benzene rings is 1. The first-order valence-corrected chi connectivity index (χ1v) is 7.80. The molecular weight excluding hydrogens is 334 g/mol. The van der Waals surface area contributed by atoms with E-state index < -0.39 is 5.97 Å². The minimum absolute atomic E-state index is 0.108. The Morgan fingerprint density at radius 2 is 1.76 bits per heavy atom. The van der Waals surface area contributed by atoms with Gasteiger partial charge >= 0.3 is 5.97 Å². The molecule has 4 nitrogen and oxygen atoms in total. The summed E-state index contributed by atoms with van der Waals surface area (Å²) in [5.74, 6) is -0.857. The van der Waals surface area contributed by atoms with Crippen LogP contribution in [-0.2, 0) is 9.59 Å². The Morgan fingerprint density at radius 1 is 1.10 bits per heavy atom. The van der Waals surface area contributed by atoms with Crippen LogP contribution < -0.4 is 5.32 Å². The molecule has 0 aliphatic heterocycles. The van der Waals surface area contributed by atoms with E-state index >= 15 is 0 Å². The number of carbonyl (C=O) groups excluding carboxylic acids is 1. The molecule has 0 atom stereocenters. The second-order valence-corrected chi connectivity index (χ2v) is 5.65. The van der Waals surface area contributed by atoms with Gasteiger partial charge in [0, 0.05) is 23.5 Å². The van der Waals surface area contributed by atoms with Gasteiger partial charge in [0.1, 0.15) is 0 Å². The van der Waals surface area contributed by atoms with Gasteiger partial charge in [0.15, 0.2) is 0 Å². The van der Waals surface area contributed by atoms with Gasteiger partial charge < -0.3 is 10.4 Å². The van der Waals surface area contributed by atoms with Crippen LogP contribution in [0.15, 0.2) is 34.8 Å². The smallest absolute Gasteiger partial charge is 0.303 e. The van der Waals surface area contributed by atoms with Crippen LogP contribution in [0.3, 0.4) is 0 Å². The van der Waals surface area contributed by atoms with Crippen molar-refractivity contribution in [3.63, 3.8) is 0 Å². The number of unbranched alkanes of at least 4 members (excludes halogenated alkanes) is 3. The first-order valence-electron chi connectivity index (χ1n) is 7.01. The lowest BCUT2D eigenvalue weighted by Gasteiger charge is -2.02. The molecule has 1 aromatic carbocycles. The van der Waals surface area contributed by atoms with Gasteiger partial charge in [0.05, 0.1) is 0 Å². The van der Waals surface area contributed by atoms with Crippen LogP contribution in [0.2, 0.25) is 0 Å². The highest BCUT2D eigenvalue weighted by Crippen LogP contribution is 2.11. The molecule has 2 N–H and O–H groups in total. The molecule has 5 heteroatoms. The van der Waals surface area contributed by atoms with Gasteiger partial charge in [-0.3, -0.25) is 9.59 Å². The molecular formula is C16H20BrNO3. The van der Waals surface area contributed by atoms with E-state index in [1.165, 1.54) is 6.08 Å². The van der Waals surface area contributed by atoms with E-state index in [1.54, 1.807) is 6.08 Å². The van der Waals surface area contributed by atoms with Crippen LogP contribution in [0.5, 0.6) is 0 Å². The molecule has 1 amide bonds. The summed E-state index contributed by atoms with van der Waals surface area (Å²) >= 11 is 3.36. The number of carboxylic acids is 1. The maximum absolute atomic E-state index is 11.6. The molecule has 0 aliphatic rings. The topological polar surface area (TPSA) is 66.4 Å². The molecule has 0 spiro atoms. The average molecular weight is 354 g/mol. The summed E-state index contributed by atoms with van der Waals surface area (Å²) in [6.07, 6.45) is 6.91. The highest BCUT2D eigenvalue weighted by molar-refractivity contribution is 9.10. The van der Waals surface area contributed by atoms with E-state index in [4.69, 9.17) is 5.11 Å². The van der Waals surface area contributed by atoms with Crippen molar-refractivity contribution in [1.82, 2.24) is 5.32 Å². The molecule has 114 valence electrons. The SMILES string of the molecule is O=C(O)CCCCCCNC(=O)/C=C/c1ccc(Br)cc1. The number of carboxylic acid groups (broad SMARTS) is 1. The molecule has 0 aromatic heterocycles. The molecule has 0 unspecified atom stereocenters. The number of halogens is 1. The zero-order chi connectivity index (χ0) is 15.5. The summed E-state index contributed by atoms with van der Waals surface area (Å²) < 4.78 is 1.01. The fraction of sp³-hybridized carbons (Fsp3) is 0.375. The van der Waals surface area contributed by atoms with E-state index in [1.807, 2.05) is 24.3 Å². The summed E-state index contributed by atoms with van der Waals surface area (Å²) in [6, 6.07) is 7.70. The second-order valence-electron chi connectivity index (χ2n) is 4.73. The molecule has 0 aliphatic carbocycles. The van der Waals surface area contributed by atoms with Crippen molar-refractivity contribution >= 4 is 33.9 Å². The zero-order valence-corrected chi connectivity index (χ0v) is 13.4. The summed E-state index contributed by atoms with van der Waals surface area (Å²) in [7, 11) is 0. The fourth-order valence-electron chi connectivity index (χ4n) is 1.77. The fourth-order valence-corrected chi connectivity index (χ4v) is 2.04. The van der Waals surface area contributed by atoms with Crippen molar-refractivity contribution in [3.05, 3.63) is 40.4 Å². The molecule has 0 fully saturated rings. The minimum atomic E-state index is -0.749. The van der Waals surface area contributed by atoms with Crippen molar-refractivity contribution in [1.29, 1.82) is 0 Å². The van der Waals surface area contributed by atoms with Gasteiger partial charge in [-0.25, -0.2) is 0 Å². The predicted molar refractivity (Wildman–Crippen MR) is 86.9 cm³/mol. The molecule has 21 heavy (non-hydrogen) atoms. The Balaban J connectivity index is 2.11. The first kappa shape index (κ1) is 17.4. The minimum Gasteiger partial charge on any atom is -0.481 e. The van der Waals surface area contributed by atoms with E-state index in [0.29, 0.717) is 13.0 Å². The maximum atomic E-state index is 11.6. The van der Waals surface area contributed by atoms with Crippen LogP contribution in [0, 0.1) is 0 Å². The lowest BCUT2D eigenvalue weighted by atomic mass is 10.1. The van der Waals surface area contributed by atoms with Gasteiger partial charge in [-0.05, 0) is 36.6 Å². The molecule has 0 heterocycles.